The summed E-state index contributed by atoms with van der Waals surface area (Å²) in [5.41, 5.74) is 0.937. The molecule has 2 N–H and O–H groups in total. The molecule has 1 heterocycles. The number of rotatable bonds is 6. The molecule has 0 fully saturated rings. The zero-order valence-corrected chi connectivity index (χ0v) is 11.4. The molecule has 0 saturated carbocycles. The molecule has 0 aliphatic carbocycles. The summed E-state index contributed by atoms with van der Waals surface area (Å²) in [7, 11) is 0. The molecule has 1 aromatic rings. The number of hydrogen-bond donors (Lipinski definition) is 2. The molecule has 0 spiro atoms. The van der Waals surface area contributed by atoms with Gasteiger partial charge in [-0.05, 0) is 19.4 Å². The monoisotopic (exact) mass is 264 g/mol. The van der Waals surface area contributed by atoms with E-state index in [1.807, 2.05) is 18.2 Å². The first-order valence-electron chi connectivity index (χ1n) is 6.58. The lowest BCUT2D eigenvalue weighted by Gasteiger charge is -2.12. The minimum atomic E-state index is -0.0168. The second-order valence-corrected chi connectivity index (χ2v) is 4.62. The van der Waals surface area contributed by atoms with Gasteiger partial charge >= 0.3 is 0 Å². The highest BCUT2D eigenvalue weighted by atomic mass is 16.7. The van der Waals surface area contributed by atoms with Crippen LogP contribution in [0.25, 0.3) is 0 Å². The van der Waals surface area contributed by atoms with Crippen LogP contribution in [-0.2, 0) is 11.3 Å². The first-order valence-corrected chi connectivity index (χ1v) is 6.58. The second-order valence-electron chi connectivity index (χ2n) is 4.62. The standard InChI is InChI=1S/C14H20N2O3/c1-3-10(2)15-8-13(17)16-7-11-5-4-6-12-14(11)19-9-18-12/h4-6,10,15H,3,7-9H2,1-2H3,(H,16,17). The van der Waals surface area contributed by atoms with Crippen molar-refractivity contribution in [2.24, 2.45) is 0 Å². The van der Waals surface area contributed by atoms with E-state index < -0.39 is 0 Å². The number of hydrogen-bond acceptors (Lipinski definition) is 4. The third-order valence-electron chi connectivity index (χ3n) is 3.18. The lowest BCUT2D eigenvalue weighted by atomic mass is 10.2. The van der Waals surface area contributed by atoms with Crippen LogP contribution in [-0.4, -0.2) is 25.3 Å². The molecule has 1 unspecified atom stereocenters. The van der Waals surface area contributed by atoms with E-state index in [2.05, 4.69) is 24.5 Å². The largest absolute Gasteiger partial charge is 0.454 e. The number of para-hydroxylation sites is 1. The molecule has 104 valence electrons. The van der Waals surface area contributed by atoms with Crippen molar-refractivity contribution in [1.29, 1.82) is 0 Å². The minimum absolute atomic E-state index is 0.0168. The molecule has 0 radical (unpaired) electrons. The van der Waals surface area contributed by atoms with Crippen LogP contribution in [0, 0.1) is 0 Å². The summed E-state index contributed by atoms with van der Waals surface area (Å²) in [6.07, 6.45) is 1.00. The van der Waals surface area contributed by atoms with Crippen molar-refractivity contribution in [1.82, 2.24) is 10.6 Å². The molecular formula is C14H20N2O3. The maximum absolute atomic E-state index is 11.7. The highest BCUT2D eigenvalue weighted by molar-refractivity contribution is 5.78. The van der Waals surface area contributed by atoms with Gasteiger partial charge in [-0.1, -0.05) is 19.1 Å². The Morgan fingerprint density at radius 1 is 1.42 bits per heavy atom. The summed E-state index contributed by atoms with van der Waals surface area (Å²) >= 11 is 0. The van der Waals surface area contributed by atoms with Crippen molar-refractivity contribution in [3.63, 3.8) is 0 Å². The zero-order chi connectivity index (χ0) is 13.7. The van der Waals surface area contributed by atoms with Crippen molar-refractivity contribution in [2.75, 3.05) is 13.3 Å². The lowest BCUT2D eigenvalue weighted by Crippen LogP contribution is -2.37. The summed E-state index contributed by atoms with van der Waals surface area (Å²) in [6.45, 7) is 5.17. The molecule has 1 aliphatic rings. The number of nitrogens with one attached hydrogen (secondary N) is 2. The SMILES string of the molecule is CCC(C)NCC(=O)NCc1cccc2c1OCO2. The Balaban J connectivity index is 1.83. The molecule has 1 aliphatic heterocycles. The molecule has 1 aromatic carbocycles. The second kappa shape index (κ2) is 6.43. The fourth-order valence-corrected chi connectivity index (χ4v) is 1.80. The van der Waals surface area contributed by atoms with Gasteiger partial charge in [0.2, 0.25) is 12.7 Å². The molecule has 0 saturated heterocycles. The van der Waals surface area contributed by atoms with Crippen LogP contribution in [0.1, 0.15) is 25.8 Å². The van der Waals surface area contributed by atoms with E-state index in [0.29, 0.717) is 19.1 Å². The van der Waals surface area contributed by atoms with Crippen LogP contribution >= 0.6 is 0 Å². The first-order chi connectivity index (χ1) is 9.20. The van der Waals surface area contributed by atoms with E-state index in [0.717, 1.165) is 23.5 Å². The molecule has 2 rings (SSSR count). The fraction of sp³-hybridized carbons (Fsp3) is 0.500. The van der Waals surface area contributed by atoms with E-state index in [1.54, 1.807) is 0 Å². The topological polar surface area (TPSA) is 59.6 Å². The van der Waals surface area contributed by atoms with Crippen molar-refractivity contribution < 1.29 is 14.3 Å². The van der Waals surface area contributed by atoms with Crippen LogP contribution in [0.3, 0.4) is 0 Å². The number of carbonyl (C=O) groups excluding carboxylic acids is 1. The Morgan fingerprint density at radius 2 is 2.26 bits per heavy atom. The van der Waals surface area contributed by atoms with Gasteiger partial charge in [-0.15, -0.1) is 0 Å². The van der Waals surface area contributed by atoms with Gasteiger partial charge in [-0.2, -0.15) is 0 Å². The lowest BCUT2D eigenvalue weighted by molar-refractivity contribution is -0.120. The third-order valence-corrected chi connectivity index (χ3v) is 3.18. The predicted octanol–water partition coefficient (Wildman–Crippen LogP) is 1.42. The van der Waals surface area contributed by atoms with E-state index in [-0.39, 0.29) is 12.7 Å². The average Bonchev–Trinajstić information content (AvgIpc) is 2.91. The van der Waals surface area contributed by atoms with Crippen LogP contribution < -0.4 is 20.1 Å². The predicted molar refractivity (Wildman–Crippen MR) is 72.2 cm³/mol. The van der Waals surface area contributed by atoms with E-state index in [9.17, 15) is 4.79 Å². The van der Waals surface area contributed by atoms with Crippen LogP contribution in [0.4, 0.5) is 0 Å². The van der Waals surface area contributed by atoms with E-state index >= 15 is 0 Å². The van der Waals surface area contributed by atoms with Crippen LogP contribution in [0.5, 0.6) is 11.5 Å². The van der Waals surface area contributed by atoms with Crippen LogP contribution in [0.2, 0.25) is 0 Å². The van der Waals surface area contributed by atoms with Gasteiger partial charge in [0.25, 0.3) is 0 Å². The quantitative estimate of drug-likeness (QED) is 0.816. The van der Waals surface area contributed by atoms with Crippen molar-refractivity contribution in [3.05, 3.63) is 23.8 Å². The van der Waals surface area contributed by atoms with Crippen molar-refractivity contribution in [3.8, 4) is 11.5 Å². The van der Waals surface area contributed by atoms with Gasteiger partial charge < -0.3 is 20.1 Å². The maximum Gasteiger partial charge on any atom is 0.234 e. The van der Waals surface area contributed by atoms with Gasteiger partial charge in [0.15, 0.2) is 11.5 Å². The number of amides is 1. The Hall–Kier alpha value is -1.75. The molecule has 0 bridgehead atoms. The number of benzene rings is 1. The molecule has 1 atom stereocenters. The number of ether oxygens (including phenoxy) is 2. The summed E-state index contributed by atoms with van der Waals surface area (Å²) in [6, 6.07) is 6.03. The Kier molecular flexibility index (Phi) is 4.63. The number of carbonyl (C=O) groups is 1. The van der Waals surface area contributed by atoms with Crippen LogP contribution in [0.15, 0.2) is 18.2 Å². The van der Waals surface area contributed by atoms with Gasteiger partial charge in [-0.25, -0.2) is 0 Å². The molecule has 5 heteroatoms. The van der Waals surface area contributed by atoms with Gasteiger partial charge in [0.05, 0.1) is 6.54 Å². The highest BCUT2D eigenvalue weighted by Gasteiger charge is 2.17. The van der Waals surface area contributed by atoms with Gasteiger partial charge in [0, 0.05) is 18.2 Å². The van der Waals surface area contributed by atoms with E-state index in [4.69, 9.17) is 9.47 Å². The summed E-state index contributed by atoms with van der Waals surface area (Å²) in [4.78, 5) is 11.7. The maximum atomic E-state index is 11.7. The molecule has 5 nitrogen and oxygen atoms in total. The third kappa shape index (κ3) is 3.61. The minimum Gasteiger partial charge on any atom is -0.454 e. The summed E-state index contributed by atoms with van der Waals surface area (Å²) in [5, 5.41) is 6.02. The van der Waals surface area contributed by atoms with Gasteiger partial charge in [-0.3, -0.25) is 4.79 Å². The Labute approximate surface area is 113 Å². The van der Waals surface area contributed by atoms with Crippen molar-refractivity contribution >= 4 is 5.91 Å². The summed E-state index contributed by atoms with van der Waals surface area (Å²) in [5.74, 6) is 1.46. The Morgan fingerprint density at radius 3 is 3.05 bits per heavy atom. The molecular weight excluding hydrogens is 244 g/mol. The molecule has 1 amide bonds. The average molecular weight is 264 g/mol. The number of fused-ring (bicyclic) bond motifs is 1. The van der Waals surface area contributed by atoms with Crippen molar-refractivity contribution in [2.45, 2.75) is 32.9 Å². The zero-order valence-electron chi connectivity index (χ0n) is 11.4. The highest BCUT2D eigenvalue weighted by Crippen LogP contribution is 2.35. The van der Waals surface area contributed by atoms with Gasteiger partial charge in [0.1, 0.15) is 0 Å². The normalized spacial score (nSPS) is 14.2. The molecule has 19 heavy (non-hydrogen) atoms. The molecule has 0 aromatic heterocycles. The summed E-state index contributed by atoms with van der Waals surface area (Å²) < 4.78 is 10.7. The fourth-order valence-electron chi connectivity index (χ4n) is 1.80. The van der Waals surface area contributed by atoms with E-state index in [1.165, 1.54) is 0 Å². The smallest absolute Gasteiger partial charge is 0.234 e. The Bertz CT molecular complexity index is 448. The first kappa shape index (κ1) is 13.7.